The first-order valence-electron chi connectivity index (χ1n) is 4.53. The lowest BCUT2D eigenvalue weighted by atomic mass is 10.1. The highest BCUT2D eigenvalue weighted by Gasteiger charge is 2.14. The highest BCUT2D eigenvalue weighted by molar-refractivity contribution is 6.32. The van der Waals surface area contributed by atoms with Gasteiger partial charge in [0, 0.05) is 19.7 Å². The van der Waals surface area contributed by atoms with E-state index in [9.17, 15) is 4.79 Å². The molecule has 82 valence electrons. The molecule has 3 nitrogen and oxygen atoms in total. The number of hydrogen-bond acceptors (Lipinski definition) is 2. The van der Waals surface area contributed by atoms with Crippen molar-refractivity contribution >= 4 is 17.5 Å². The number of rotatable bonds is 2. The lowest BCUT2D eigenvalue weighted by Gasteiger charge is -2.14. The van der Waals surface area contributed by atoms with Crippen LogP contribution in [0.3, 0.4) is 0 Å². The predicted molar refractivity (Wildman–Crippen MR) is 60.8 cm³/mol. The van der Waals surface area contributed by atoms with E-state index in [4.69, 9.17) is 16.3 Å². The number of hydrogen-bond donors (Lipinski definition) is 0. The summed E-state index contributed by atoms with van der Waals surface area (Å²) in [6, 6.07) is 3.40. The number of aryl methyl sites for hydroxylation is 1. The Hall–Kier alpha value is -1.22. The molecule has 1 rings (SSSR count). The van der Waals surface area contributed by atoms with Gasteiger partial charge < -0.3 is 9.64 Å². The van der Waals surface area contributed by atoms with Crippen LogP contribution in [-0.2, 0) is 0 Å². The van der Waals surface area contributed by atoms with Crippen molar-refractivity contribution in [2.75, 3.05) is 21.2 Å². The smallest absolute Gasteiger partial charge is 0.253 e. The molecular weight excluding hydrogens is 214 g/mol. The van der Waals surface area contributed by atoms with Crippen molar-refractivity contribution < 1.29 is 9.53 Å². The molecule has 0 aliphatic carbocycles. The number of carbonyl (C=O) groups is 1. The lowest BCUT2D eigenvalue weighted by molar-refractivity contribution is 0.0827. The summed E-state index contributed by atoms with van der Waals surface area (Å²) in [5, 5.41) is 0.452. The average molecular weight is 228 g/mol. The lowest BCUT2D eigenvalue weighted by Crippen LogP contribution is -2.22. The van der Waals surface area contributed by atoms with Gasteiger partial charge >= 0.3 is 0 Å². The van der Waals surface area contributed by atoms with Crippen LogP contribution in [0.2, 0.25) is 5.02 Å². The summed E-state index contributed by atoms with van der Waals surface area (Å²) >= 11 is 5.95. The highest BCUT2D eigenvalue weighted by atomic mass is 35.5. The van der Waals surface area contributed by atoms with Crippen molar-refractivity contribution in [2.45, 2.75) is 6.92 Å². The number of amides is 1. The summed E-state index contributed by atoms with van der Waals surface area (Å²) in [5.41, 5.74) is 1.46. The molecule has 4 heteroatoms. The van der Waals surface area contributed by atoms with Gasteiger partial charge in [0.2, 0.25) is 0 Å². The van der Waals surface area contributed by atoms with Gasteiger partial charge in [0.1, 0.15) is 5.75 Å². The highest BCUT2D eigenvalue weighted by Crippen LogP contribution is 2.28. The largest absolute Gasteiger partial charge is 0.495 e. The molecule has 0 aromatic heterocycles. The Labute approximate surface area is 94.6 Å². The first kappa shape index (κ1) is 11.9. The molecule has 1 amide bonds. The van der Waals surface area contributed by atoms with Crippen molar-refractivity contribution in [2.24, 2.45) is 0 Å². The number of ether oxygens (including phenoxy) is 1. The first-order valence-corrected chi connectivity index (χ1v) is 4.91. The standard InChI is InChI=1S/C11H14ClNO2/c1-7-5-10(15-4)9(12)6-8(7)11(14)13(2)3/h5-6H,1-4H3. The van der Waals surface area contributed by atoms with Gasteiger partial charge in [0.25, 0.3) is 5.91 Å². The van der Waals surface area contributed by atoms with E-state index in [1.54, 1.807) is 33.3 Å². The predicted octanol–water partition coefficient (Wildman–Crippen LogP) is 2.36. The summed E-state index contributed by atoms with van der Waals surface area (Å²) in [5.74, 6) is 0.529. The third-order valence-electron chi connectivity index (χ3n) is 2.14. The molecule has 0 saturated carbocycles. The summed E-state index contributed by atoms with van der Waals surface area (Å²) in [6.07, 6.45) is 0. The van der Waals surface area contributed by atoms with Gasteiger partial charge in [0.05, 0.1) is 12.1 Å². The van der Waals surface area contributed by atoms with Crippen LogP contribution < -0.4 is 4.74 Å². The van der Waals surface area contributed by atoms with Gasteiger partial charge in [-0.2, -0.15) is 0 Å². The Kier molecular flexibility index (Phi) is 3.58. The van der Waals surface area contributed by atoms with Gasteiger partial charge in [-0.25, -0.2) is 0 Å². The zero-order valence-corrected chi connectivity index (χ0v) is 10.1. The number of nitrogens with zero attached hydrogens (tertiary/aromatic N) is 1. The van der Waals surface area contributed by atoms with Crippen LogP contribution in [0.15, 0.2) is 12.1 Å². The molecule has 0 bridgehead atoms. The van der Waals surface area contributed by atoms with Crippen LogP contribution in [0.5, 0.6) is 5.75 Å². The second-order valence-electron chi connectivity index (χ2n) is 3.50. The van der Waals surface area contributed by atoms with Crippen LogP contribution >= 0.6 is 11.6 Å². The van der Waals surface area contributed by atoms with Gasteiger partial charge in [-0.3, -0.25) is 4.79 Å². The fraction of sp³-hybridized carbons (Fsp3) is 0.364. The minimum Gasteiger partial charge on any atom is -0.495 e. The van der Waals surface area contributed by atoms with E-state index in [0.717, 1.165) is 5.56 Å². The SMILES string of the molecule is COc1cc(C)c(C(=O)N(C)C)cc1Cl. The Bertz CT molecular complexity index is 388. The topological polar surface area (TPSA) is 29.5 Å². The van der Waals surface area contributed by atoms with Crippen LogP contribution in [0, 0.1) is 6.92 Å². The van der Waals surface area contributed by atoms with E-state index >= 15 is 0 Å². The third kappa shape index (κ3) is 2.42. The molecule has 0 aliphatic rings. The fourth-order valence-corrected chi connectivity index (χ4v) is 1.52. The normalized spacial score (nSPS) is 9.93. The maximum absolute atomic E-state index is 11.7. The molecule has 1 aromatic carbocycles. The number of carbonyl (C=O) groups excluding carboxylic acids is 1. The van der Waals surface area contributed by atoms with Crippen molar-refractivity contribution in [3.05, 3.63) is 28.3 Å². The quantitative estimate of drug-likeness (QED) is 0.776. The second-order valence-corrected chi connectivity index (χ2v) is 3.91. The van der Waals surface area contributed by atoms with E-state index in [-0.39, 0.29) is 5.91 Å². The first-order chi connectivity index (χ1) is 6.97. The van der Waals surface area contributed by atoms with Gasteiger partial charge in [0.15, 0.2) is 0 Å². The van der Waals surface area contributed by atoms with Crippen molar-refractivity contribution in [1.29, 1.82) is 0 Å². The van der Waals surface area contributed by atoms with Crippen LogP contribution in [0.25, 0.3) is 0 Å². The summed E-state index contributed by atoms with van der Waals surface area (Å²) < 4.78 is 5.06. The van der Waals surface area contributed by atoms with Crippen molar-refractivity contribution in [3.8, 4) is 5.75 Å². The Balaban J connectivity index is 3.22. The minimum absolute atomic E-state index is 0.0583. The molecule has 0 saturated heterocycles. The number of halogens is 1. The number of methoxy groups -OCH3 is 1. The maximum atomic E-state index is 11.7. The zero-order valence-electron chi connectivity index (χ0n) is 9.30. The Morgan fingerprint density at radius 3 is 2.47 bits per heavy atom. The molecule has 0 fully saturated rings. The van der Waals surface area contributed by atoms with Gasteiger partial charge in [-0.05, 0) is 24.6 Å². The molecular formula is C11H14ClNO2. The molecule has 1 aromatic rings. The van der Waals surface area contributed by atoms with Gasteiger partial charge in [-0.1, -0.05) is 11.6 Å². The summed E-state index contributed by atoms with van der Waals surface area (Å²) in [7, 11) is 4.97. The summed E-state index contributed by atoms with van der Waals surface area (Å²) in [4.78, 5) is 13.3. The molecule has 0 spiro atoms. The fourth-order valence-electron chi connectivity index (χ4n) is 1.28. The molecule has 0 N–H and O–H groups in total. The van der Waals surface area contributed by atoms with Crippen molar-refractivity contribution in [3.63, 3.8) is 0 Å². The van der Waals surface area contributed by atoms with Crippen molar-refractivity contribution in [1.82, 2.24) is 4.90 Å². The molecule has 0 heterocycles. The number of benzene rings is 1. The minimum atomic E-state index is -0.0583. The van der Waals surface area contributed by atoms with E-state index in [0.29, 0.717) is 16.3 Å². The zero-order chi connectivity index (χ0) is 11.6. The Morgan fingerprint density at radius 2 is 2.00 bits per heavy atom. The molecule has 0 unspecified atom stereocenters. The van der Waals surface area contributed by atoms with Crippen LogP contribution in [-0.4, -0.2) is 32.0 Å². The van der Waals surface area contributed by atoms with E-state index in [1.807, 2.05) is 6.92 Å². The van der Waals surface area contributed by atoms with E-state index < -0.39 is 0 Å². The van der Waals surface area contributed by atoms with Gasteiger partial charge in [-0.15, -0.1) is 0 Å². The molecule has 0 radical (unpaired) electrons. The van der Waals surface area contributed by atoms with Crippen LogP contribution in [0.1, 0.15) is 15.9 Å². The molecule has 15 heavy (non-hydrogen) atoms. The van der Waals surface area contributed by atoms with Crippen LogP contribution in [0.4, 0.5) is 0 Å². The average Bonchev–Trinajstić information content (AvgIpc) is 2.19. The maximum Gasteiger partial charge on any atom is 0.253 e. The molecule has 0 aliphatic heterocycles. The monoisotopic (exact) mass is 227 g/mol. The molecule has 0 atom stereocenters. The summed E-state index contributed by atoms with van der Waals surface area (Å²) in [6.45, 7) is 1.86. The third-order valence-corrected chi connectivity index (χ3v) is 2.43. The Morgan fingerprint density at radius 1 is 1.40 bits per heavy atom. The second kappa shape index (κ2) is 4.53. The van der Waals surface area contributed by atoms with E-state index in [2.05, 4.69) is 0 Å². The van der Waals surface area contributed by atoms with E-state index in [1.165, 1.54) is 4.90 Å².